The molecule has 0 bridgehead atoms. The van der Waals surface area contributed by atoms with Gasteiger partial charge in [-0.05, 0) is 80.2 Å². The summed E-state index contributed by atoms with van der Waals surface area (Å²) in [5.74, 6) is 1.80. The molecule has 2 aliphatic heterocycles. The van der Waals surface area contributed by atoms with Crippen LogP contribution in [-0.2, 0) is 5.41 Å². The normalized spacial score (nSPS) is 15.9. The molecule has 47 heavy (non-hydrogen) atoms. The first kappa shape index (κ1) is 25.1. The number of benzene rings is 8. The fourth-order valence-corrected chi connectivity index (χ4v) is 8.68. The van der Waals surface area contributed by atoms with Crippen LogP contribution in [0.2, 0.25) is 0 Å². The summed E-state index contributed by atoms with van der Waals surface area (Å²) in [6.07, 6.45) is 0. The van der Waals surface area contributed by atoms with Gasteiger partial charge in [-0.1, -0.05) is 127 Å². The topological polar surface area (TPSA) is 14.2 Å². The van der Waals surface area contributed by atoms with Crippen molar-refractivity contribution in [2.24, 2.45) is 0 Å². The Kier molecular flexibility index (Phi) is 4.80. The zero-order chi connectivity index (χ0) is 30.7. The summed E-state index contributed by atoms with van der Waals surface area (Å²) in [5.41, 5.74) is 10.4. The Morgan fingerprint density at radius 3 is 1.98 bits per heavy atom. The van der Waals surface area contributed by atoms with E-state index in [9.17, 15) is 0 Å². The lowest BCUT2D eigenvalue weighted by molar-refractivity contribution is 0.434. The van der Waals surface area contributed by atoms with Gasteiger partial charge in [0.1, 0.15) is 11.5 Å². The van der Waals surface area contributed by atoms with Crippen molar-refractivity contribution in [2.45, 2.75) is 5.41 Å². The second-order valence-corrected chi connectivity index (χ2v) is 12.9. The molecular weight excluding hydrogens is 571 g/mol. The lowest BCUT2D eigenvalue weighted by Gasteiger charge is -2.45. The molecule has 1 unspecified atom stereocenters. The first-order valence-electron chi connectivity index (χ1n) is 16.3. The molecular formula is C45H27NO. The Morgan fingerprint density at radius 1 is 0.404 bits per heavy atom. The van der Waals surface area contributed by atoms with Crippen LogP contribution in [0.1, 0.15) is 22.3 Å². The highest BCUT2D eigenvalue weighted by molar-refractivity contribution is 6.12. The molecule has 1 atom stereocenters. The summed E-state index contributed by atoms with van der Waals surface area (Å²) in [6.45, 7) is 0. The van der Waals surface area contributed by atoms with Gasteiger partial charge in [0.2, 0.25) is 0 Å². The molecule has 8 aromatic carbocycles. The third-order valence-corrected chi connectivity index (χ3v) is 10.6. The number of ether oxygens (including phenoxy) is 1. The van der Waals surface area contributed by atoms with Gasteiger partial charge >= 0.3 is 0 Å². The molecule has 218 valence electrons. The van der Waals surface area contributed by atoms with Crippen molar-refractivity contribution in [1.29, 1.82) is 0 Å². The number of aromatic nitrogens is 1. The van der Waals surface area contributed by atoms with Gasteiger partial charge in [-0.2, -0.15) is 0 Å². The summed E-state index contributed by atoms with van der Waals surface area (Å²) in [4.78, 5) is 0. The van der Waals surface area contributed by atoms with Crippen LogP contribution in [0.25, 0.3) is 60.2 Å². The van der Waals surface area contributed by atoms with Crippen molar-refractivity contribution in [3.05, 3.63) is 186 Å². The molecule has 2 heteroatoms. The quantitative estimate of drug-likeness (QED) is 0.172. The molecule has 1 aromatic heterocycles. The molecule has 9 aromatic rings. The lowest BCUT2D eigenvalue weighted by atomic mass is 9.61. The maximum Gasteiger partial charge on any atom is 0.132 e. The number of nitrogens with zero attached hydrogens (tertiary/aromatic N) is 1. The molecule has 2 aliphatic rings. The van der Waals surface area contributed by atoms with E-state index < -0.39 is 5.41 Å². The van der Waals surface area contributed by atoms with Gasteiger partial charge in [0.05, 0.1) is 22.1 Å². The van der Waals surface area contributed by atoms with Crippen LogP contribution in [0.4, 0.5) is 0 Å². The second-order valence-electron chi connectivity index (χ2n) is 12.9. The van der Waals surface area contributed by atoms with E-state index in [2.05, 4.69) is 168 Å². The second kappa shape index (κ2) is 8.99. The van der Waals surface area contributed by atoms with E-state index in [-0.39, 0.29) is 0 Å². The average Bonchev–Trinajstić information content (AvgIpc) is 3.48. The summed E-state index contributed by atoms with van der Waals surface area (Å²) in [5, 5.41) is 7.60. The highest BCUT2D eigenvalue weighted by Gasteiger charge is 2.50. The van der Waals surface area contributed by atoms with Crippen LogP contribution < -0.4 is 4.74 Å². The molecule has 0 amide bonds. The Morgan fingerprint density at radius 2 is 1.04 bits per heavy atom. The van der Waals surface area contributed by atoms with Crippen molar-refractivity contribution in [3.63, 3.8) is 0 Å². The zero-order valence-corrected chi connectivity index (χ0v) is 25.4. The molecule has 0 aliphatic carbocycles. The third kappa shape index (κ3) is 3.15. The Hall–Kier alpha value is -6.12. The summed E-state index contributed by atoms with van der Waals surface area (Å²) in [7, 11) is 0. The SMILES string of the molecule is c1ccc2c(c1)Oc1ccc(-c3ccc4ccc5ccccc5c4c3)cc1C21c2ccccc2-n2c3ccccc3c3cccc1c32. The van der Waals surface area contributed by atoms with Crippen molar-refractivity contribution in [2.75, 3.05) is 0 Å². The predicted octanol–water partition coefficient (Wildman–Crippen LogP) is 11.6. The fourth-order valence-electron chi connectivity index (χ4n) is 8.68. The minimum Gasteiger partial charge on any atom is -0.457 e. The summed E-state index contributed by atoms with van der Waals surface area (Å²) < 4.78 is 9.26. The van der Waals surface area contributed by atoms with E-state index in [1.54, 1.807) is 0 Å². The number of fused-ring (bicyclic) bond motifs is 14. The van der Waals surface area contributed by atoms with Crippen LogP contribution in [0.5, 0.6) is 11.5 Å². The standard InChI is InChI=1S/C45H27NO/c1-2-11-32-28(10-1)20-21-29-22-23-30(26-35(29)32)31-24-25-43-39(27-31)45(37-15-5-8-19-42(37)47-43)36-14-4-7-18-41(36)46-40-17-6-3-12-33(40)34-13-9-16-38(45)44(34)46/h1-27H. The molecule has 1 spiro atoms. The Labute approximate surface area is 271 Å². The largest absolute Gasteiger partial charge is 0.457 e. The molecule has 0 N–H and O–H groups in total. The number of rotatable bonds is 1. The van der Waals surface area contributed by atoms with E-state index in [1.807, 2.05) is 0 Å². The molecule has 11 rings (SSSR count). The van der Waals surface area contributed by atoms with E-state index >= 15 is 0 Å². The van der Waals surface area contributed by atoms with E-state index in [4.69, 9.17) is 4.74 Å². The summed E-state index contributed by atoms with van der Waals surface area (Å²) in [6, 6.07) is 60.0. The van der Waals surface area contributed by atoms with Gasteiger partial charge in [0, 0.05) is 21.9 Å². The van der Waals surface area contributed by atoms with Crippen molar-refractivity contribution in [1.82, 2.24) is 4.57 Å². The molecule has 2 nitrogen and oxygen atoms in total. The summed E-state index contributed by atoms with van der Waals surface area (Å²) >= 11 is 0. The predicted molar refractivity (Wildman–Crippen MR) is 193 cm³/mol. The van der Waals surface area contributed by atoms with Crippen LogP contribution in [0, 0.1) is 0 Å². The van der Waals surface area contributed by atoms with Gasteiger partial charge in [-0.15, -0.1) is 0 Å². The molecule has 0 saturated carbocycles. The van der Waals surface area contributed by atoms with Crippen LogP contribution in [0.15, 0.2) is 164 Å². The van der Waals surface area contributed by atoms with Crippen molar-refractivity contribution >= 4 is 43.4 Å². The smallest absolute Gasteiger partial charge is 0.132 e. The molecule has 0 radical (unpaired) electrons. The van der Waals surface area contributed by atoms with Crippen LogP contribution >= 0.6 is 0 Å². The first-order valence-corrected chi connectivity index (χ1v) is 16.3. The van der Waals surface area contributed by atoms with Gasteiger partial charge in [0.15, 0.2) is 0 Å². The van der Waals surface area contributed by atoms with Crippen LogP contribution in [0.3, 0.4) is 0 Å². The highest BCUT2D eigenvalue weighted by atomic mass is 16.5. The maximum absolute atomic E-state index is 6.77. The van der Waals surface area contributed by atoms with Crippen LogP contribution in [-0.4, -0.2) is 4.57 Å². The third-order valence-electron chi connectivity index (χ3n) is 10.6. The molecule has 3 heterocycles. The van der Waals surface area contributed by atoms with Gasteiger partial charge in [0.25, 0.3) is 0 Å². The van der Waals surface area contributed by atoms with E-state index in [0.29, 0.717) is 0 Å². The molecule has 0 saturated heterocycles. The Bertz CT molecular complexity index is 2790. The number of para-hydroxylation sites is 4. The highest BCUT2D eigenvalue weighted by Crippen LogP contribution is 2.60. The number of hydrogen-bond donors (Lipinski definition) is 0. The lowest BCUT2D eigenvalue weighted by Crippen LogP contribution is -2.37. The average molecular weight is 598 g/mol. The maximum atomic E-state index is 6.77. The van der Waals surface area contributed by atoms with E-state index in [0.717, 1.165) is 11.5 Å². The van der Waals surface area contributed by atoms with Gasteiger partial charge in [-0.3, -0.25) is 0 Å². The minimum absolute atomic E-state index is 0.579. The van der Waals surface area contributed by atoms with Crippen molar-refractivity contribution < 1.29 is 4.74 Å². The van der Waals surface area contributed by atoms with Crippen molar-refractivity contribution in [3.8, 4) is 28.3 Å². The molecule has 0 fully saturated rings. The van der Waals surface area contributed by atoms with Gasteiger partial charge < -0.3 is 9.30 Å². The minimum atomic E-state index is -0.579. The van der Waals surface area contributed by atoms with E-state index in [1.165, 1.54) is 82.4 Å². The first-order chi connectivity index (χ1) is 23.3. The van der Waals surface area contributed by atoms with Gasteiger partial charge in [-0.25, -0.2) is 0 Å². The Balaban J connectivity index is 1.27. The number of hydrogen-bond acceptors (Lipinski definition) is 1. The fraction of sp³-hybridized carbons (Fsp3) is 0.0222. The monoisotopic (exact) mass is 597 g/mol. The zero-order valence-electron chi connectivity index (χ0n) is 25.4.